The molecule has 0 spiro atoms. The SMILES string of the molecule is CC(C)CC(=O)Nc1ccc(N=[N+]=[N-])cc1. The van der Waals surface area contributed by atoms with Crippen LogP contribution in [0.3, 0.4) is 0 Å². The maximum atomic E-state index is 11.4. The lowest BCUT2D eigenvalue weighted by Gasteiger charge is -2.06. The van der Waals surface area contributed by atoms with E-state index in [0.29, 0.717) is 23.7 Å². The zero-order valence-corrected chi connectivity index (χ0v) is 9.34. The van der Waals surface area contributed by atoms with Crippen molar-refractivity contribution in [1.29, 1.82) is 0 Å². The first-order chi connectivity index (χ1) is 7.61. The highest BCUT2D eigenvalue weighted by atomic mass is 16.1. The molecule has 84 valence electrons. The lowest BCUT2D eigenvalue weighted by molar-refractivity contribution is -0.116. The molecule has 1 aromatic carbocycles. The minimum atomic E-state index is -0.00784. The lowest BCUT2D eigenvalue weighted by atomic mass is 10.1. The number of nitrogens with zero attached hydrogens (tertiary/aromatic N) is 3. The fourth-order valence-corrected chi connectivity index (χ4v) is 1.25. The van der Waals surface area contributed by atoms with Crippen LogP contribution in [0, 0.1) is 5.92 Å². The van der Waals surface area contributed by atoms with Crippen LogP contribution >= 0.6 is 0 Å². The van der Waals surface area contributed by atoms with Crippen molar-refractivity contribution < 1.29 is 4.79 Å². The van der Waals surface area contributed by atoms with Gasteiger partial charge in [-0.1, -0.05) is 31.1 Å². The molecular formula is C11H14N4O. The number of hydrogen-bond donors (Lipinski definition) is 1. The Bertz CT molecular complexity index is 404. The Hall–Kier alpha value is -2.00. The molecule has 0 aliphatic rings. The van der Waals surface area contributed by atoms with E-state index in [1.165, 1.54) is 0 Å². The van der Waals surface area contributed by atoms with Crippen LogP contribution in [-0.2, 0) is 4.79 Å². The highest BCUT2D eigenvalue weighted by Gasteiger charge is 2.04. The predicted octanol–water partition coefficient (Wildman–Crippen LogP) is 3.61. The largest absolute Gasteiger partial charge is 0.326 e. The Balaban J connectivity index is 2.61. The van der Waals surface area contributed by atoms with Gasteiger partial charge in [0.25, 0.3) is 0 Å². The number of azide groups is 1. The summed E-state index contributed by atoms with van der Waals surface area (Å²) in [7, 11) is 0. The molecule has 0 radical (unpaired) electrons. The Morgan fingerprint density at radius 1 is 1.44 bits per heavy atom. The number of nitrogens with one attached hydrogen (secondary N) is 1. The van der Waals surface area contributed by atoms with Crippen molar-refractivity contribution in [2.24, 2.45) is 11.0 Å². The fraction of sp³-hybridized carbons (Fsp3) is 0.364. The molecule has 0 saturated heterocycles. The average Bonchev–Trinajstić information content (AvgIpc) is 2.20. The Kier molecular flexibility index (Phi) is 4.36. The van der Waals surface area contributed by atoms with E-state index in [1.807, 2.05) is 13.8 Å². The topological polar surface area (TPSA) is 77.9 Å². The monoisotopic (exact) mass is 218 g/mol. The van der Waals surface area contributed by atoms with Gasteiger partial charge in [0.1, 0.15) is 0 Å². The second-order valence-corrected chi connectivity index (χ2v) is 3.88. The number of amides is 1. The molecule has 5 heteroatoms. The van der Waals surface area contributed by atoms with E-state index in [9.17, 15) is 4.79 Å². The average molecular weight is 218 g/mol. The van der Waals surface area contributed by atoms with Crippen LogP contribution in [-0.4, -0.2) is 5.91 Å². The normalized spacial score (nSPS) is 9.69. The minimum Gasteiger partial charge on any atom is -0.326 e. The molecule has 1 N–H and O–H groups in total. The number of rotatable bonds is 4. The van der Waals surface area contributed by atoms with E-state index in [0.717, 1.165) is 0 Å². The highest BCUT2D eigenvalue weighted by molar-refractivity contribution is 5.90. The molecule has 0 fully saturated rings. The molecule has 0 unspecified atom stereocenters. The summed E-state index contributed by atoms with van der Waals surface area (Å²) in [4.78, 5) is 14.1. The van der Waals surface area contributed by atoms with Gasteiger partial charge < -0.3 is 5.32 Å². The molecule has 1 rings (SSSR count). The molecule has 5 nitrogen and oxygen atoms in total. The van der Waals surface area contributed by atoms with E-state index in [1.54, 1.807) is 24.3 Å². The van der Waals surface area contributed by atoms with Crippen LogP contribution in [0.2, 0.25) is 0 Å². The quantitative estimate of drug-likeness (QED) is 0.467. The molecular weight excluding hydrogens is 204 g/mol. The Morgan fingerprint density at radius 3 is 2.56 bits per heavy atom. The molecule has 0 bridgehead atoms. The van der Waals surface area contributed by atoms with Gasteiger partial charge in [-0.05, 0) is 23.6 Å². The van der Waals surface area contributed by atoms with Gasteiger partial charge in [-0.3, -0.25) is 4.79 Å². The summed E-state index contributed by atoms with van der Waals surface area (Å²) in [6.45, 7) is 3.98. The van der Waals surface area contributed by atoms with Crippen LogP contribution in [0.5, 0.6) is 0 Å². The highest BCUT2D eigenvalue weighted by Crippen LogP contribution is 2.16. The summed E-state index contributed by atoms with van der Waals surface area (Å²) in [5, 5.41) is 6.21. The zero-order valence-electron chi connectivity index (χ0n) is 9.34. The number of carbonyl (C=O) groups is 1. The third kappa shape index (κ3) is 4.02. The van der Waals surface area contributed by atoms with Crippen molar-refractivity contribution >= 4 is 17.3 Å². The van der Waals surface area contributed by atoms with Crippen LogP contribution in [0.25, 0.3) is 10.4 Å². The van der Waals surface area contributed by atoms with Gasteiger partial charge in [-0.25, -0.2) is 0 Å². The number of hydrogen-bond acceptors (Lipinski definition) is 2. The maximum absolute atomic E-state index is 11.4. The van der Waals surface area contributed by atoms with Gasteiger partial charge in [0.05, 0.1) is 0 Å². The second-order valence-electron chi connectivity index (χ2n) is 3.88. The third-order valence-corrected chi connectivity index (χ3v) is 1.90. The van der Waals surface area contributed by atoms with E-state index >= 15 is 0 Å². The van der Waals surface area contributed by atoms with Gasteiger partial charge in [0, 0.05) is 22.7 Å². The van der Waals surface area contributed by atoms with Crippen LogP contribution in [0.15, 0.2) is 29.4 Å². The van der Waals surface area contributed by atoms with E-state index < -0.39 is 0 Å². The minimum absolute atomic E-state index is 0.00784. The molecule has 0 saturated carbocycles. The van der Waals surface area contributed by atoms with Crippen molar-refractivity contribution in [3.63, 3.8) is 0 Å². The van der Waals surface area contributed by atoms with Crippen molar-refractivity contribution in [2.75, 3.05) is 5.32 Å². The molecule has 1 aromatic rings. The van der Waals surface area contributed by atoms with E-state index in [-0.39, 0.29) is 5.91 Å². The molecule has 0 aliphatic carbocycles. The number of carbonyl (C=O) groups excluding carboxylic acids is 1. The van der Waals surface area contributed by atoms with Gasteiger partial charge in [-0.15, -0.1) is 0 Å². The van der Waals surface area contributed by atoms with Crippen LogP contribution < -0.4 is 5.32 Å². The van der Waals surface area contributed by atoms with Crippen molar-refractivity contribution in [2.45, 2.75) is 20.3 Å². The molecule has 16 heavy (non-hydrogen) atoms. The van der Waals surface area contributed by atoms with Crippen molar-refractivity contribution in [3.05, 3.63) is 34.7 Å². The number of anilines is 1. The summed E-state index contributed by atoms with van der Waals surface area (Å²) in [6, 6.07) is 6.74. The summed E-state index contributed by atoms with van der Waals surface area (Å²) < 4.78 is 0. The maximum Gasteiger partial charge on any atom is 0.224 e. The smallest absolute Gasteiger partial charge is 0.224 e. The van der Waals surface area contributed by atoms with Gasteiger partial charge in [0.15, 0.2) is 0 Å². The van der Waals surface area contributed by atoms with E-state index in [4.69, 9.17) is 5.53 Å². The lowest BCUT2D eigenvalue weighted by Crippen LogP contribution is -2.13. The summed E-state index contributed by atoms with van der Waals surface area (Å²) in [5.41, 5.74) is 9.46. The van der Waals surface area contributed by atoms with Crippen LogP contribution in [0.1, 0.15) is 20.3 Å². The first kappa shape index (κ1) is 12.1. The van der Waals surface area contributed by atoms with Gasteiger partial charge in [0.2, 0.25) is 5.91 Å². The Morgan fingerprint density at radius 2 is 2.06 bits per heavy atom. The van der Waals surface area contributed by atoms with Gasteiger partial charge in [-0.2, -0.15) is 0 Å². The van der Waals surface area contributed by atoms with Crippen molar-refractivity contribution in [3.8, 4) is 0 Å². The molecule has 0 aliphatic heterocycles. The van der Waals surface area contributed by atoms with Crippen LogP contribution in [0.4, 0.5) is 11.4 Å². The first-order valence-electron chi connectivity index (χ1n) is 5.07. The van der Waals surface area contributed by atoms with E-state index in [2.05, 4.69) is 15.3 Å². The van der Waals surface area contributed by atoms with Crippen molar-refractivity contribution in [1.82, 2.24) is 0 Å². The number of benzene rings is 1. The molecule has 0 aromatic heterocycles. The summed E-state index contributed by atoms with van der Waals surface area (Å²) in [6.07, 6.45) is 0.498. The summed E-state index contributed by atoms with van der Waals surface area (Å²) in [5.74, 6) is 0.328. The molecule has 0 atom stereocenters. The first-order valence-corrected chi connectivity index (χ1v) is 5.07. The zero-order chi connectivity index (χ0) is 12.0. The fourth-order valence-electron chi connectivity index (χ4n) is 1.25. The standard InChI is InChI=1S/C11H14N4O/c1-8(2)7-11(16)13-9-3-5-10(6-4-9)14-15-12/h3-6,8H,7H2,1-2H3,(H,13,16). The molecule has 1 amide bonds. The summed E-state index contributed by atoms with van der Waals surface area (Å²) >= 11 is 0. The van der Waals surface area contributed by atoms with Gasteiger partial charge >= 0.3 is 0 Å². The third-order valence-electron chi connectivity index (χ3n) is 1.90. The Labute approximate surface area is 94.1 Å². The molecule has 0 heterocycles. The second kappa shape index (κ2) is 5.78. The predicted molar refractivity (Wildman–Crippen MR) is 63.3 cm³/mol.